The van der Waals surface area contributed by atoms with E-state index in [1.165, 1.54) is 13.8 Å². The number of carbonyl (C=O) groups is 3. The molecule has 0 fully saturated rings. The maximum atomic E-state index is 12.9. The van der Waals surface area contributed by atoms with Crippen LogP contribution in [0.25, 0.3) is 0 Å². The minimum atomic E-state index is -4.78. The minimum Gasteiger partial charge on any atom is -0.462 e. The molecule has 164 valence electrons. The quantitative estimate of drug-likeness (QED) is 0.605. The van der Waals surface area contributed by atoms with Gasteiger partial charge in [-0.25, -0.2) is 4.79 Å². The monoisotopic (exact) mass is 466 g/mol. The van der Waals surface area contributed by atoms with E-state index >= 15 is 0 Å². The van der Waals surface area contributed by atoms with E-state index < -0.39 is 41.2 Å². The number of anilines is 1. The van der Waals surface area contributed by atoms with Crippen molar-refractivity contribution in [2.24, 2.45) is 5.73 Å². The van der Waals surface area contributed by atoms with E-state index in [9.17, 15) is 27.6 Å². The van der Waals surface area contributed by atoms with Gasteiger partial charge in [-0.1, -0.05) is 18.5 Å². The highest BCUT2D eigenvalue weighted by Crippen LogP contribution is 2.36. The first-order valence-corrected chi connectivity index (χ1v) is 9.78. The molecule has 0 bridgehead atoms. The molecule has 2 rings (SSSR count). The number of nitrogens with two attached hydrogens (primary N) is 1. The molecular weight excluding hydrogens is 449 g/mol. The van der Waals surface area contributed by atoms with Crippen LogP contribution in [0, 0.1) is 13.8 Å². The molecule has 0 spiro atoms. The molecule has 8 nitrogen and oxygen atoms in total. The summed E-state index contributed by atoms with van der Waals surface area (Å²) in [7, 11) is 0. The van der Waals surface area contributed by atoms with Gasteiger partial charge in [-0.3, -0.25) is 14.3 Å². The van der Waals surface area contributed by atoms with Gasteiger partial charge >= 0.3 is 12.1 Å². The number of carbonyl (C=O) groups excluding carboxylic acids is 3. The fourth-order valence-electron chi connectivity index (χ4n) is 2.51. The number of rotatable bonds is 7. The zero-order valence-electron chi connectivity index (χ0n) is 16.1. The van der Waals surface area contributed by atoms with Crippen LogP contribution in [0.4, 0.5) is 18.2 Å². The Morgan fingerprint density at radius 2 is 1.93 bits per heavy atom. The van der Waals surface area contributed by atoms with Gasteiger partial charge in [0.15, 0.2) is 5.69 Å². The Balaban J connectivity index is 2.32. The molecule has 2 heterocycles. The van der Waals surface area contributed by atoms with Crippen molar-refractivity contribution in [2.75, 3.05) is 11.9 Å². The fourth-order valence-corrected chi connectivity index (χ4v) is 3.82. The second-order valence-corrected chi connectivity index (χ2v) is 7.61. The van der Waals surface area contributed by atoms with E-state index in [-0.39, 0.29) is 33.3 Å². The summed E-state index contributed by atoms with van der Waals surface area (Å²) in [5.74, 6) is -2.34. The van der Waals surface area contributed by atoms with Crippen LogP contribution >= 0.6 is 22.9 Å². The minimum absolute atomic E-state index is 0.000598. The Labute approximate surface area is 178 Å². The van der Waals surface area contributed by atoms with Crippen molar-refractivity contribution in [2.45, 2.75) is 39.9 Å². The van der Waals surface area contributed by atoms with Gasteiger partial charge in [-0.2, -0.15) is 18.3 Å². The van der Waals surface area contributed by atoms with E-state index in [0.717, 1.165) is 16.0 Å². The van der Waals surface area contributed by atoms with Crippen molar-refractivity contribution in [1.29, 1.82) is 0 Å². The van der Waals surface area contributed by atoms with Crippen molar-refractivity contribution < 1.29 is 32.3 Å². The molecule has 0 aliphatic rings. The van der Waals surface area contributed by atoms with E-state index in [1.54, 1.807) is 6.92 Å². The number of nitrogens with one attached hydrogen (secondary N) is 1. The van der Waals surface area contributed by atoms with Crippen molar-refractivity contribution in [1.82, 2.24) is 9.78 Å². The number of aromatic nitrogens is 2. The summed E-state index contributed by atoms with van der Waals surface area (Å²) < 4.78 is 44.7. The molecule has 0 unspecified atom stereocenters. The predicted octanol–water partition coefficient (Wildman–Crippen LogP) is 3.54. The topological polar surface area (TPSA) is 116 Å². The Morgan fingerprint density at radius 3 is 2.43 bits per heavy atom. The lowest BCUT2D eigenvalue weighted by Gasteiger charge is -2.08. The molecule has 0 atom stereocenters. The lowest BCUT2D eigenvalue weighted by Crippen LogP contribution is -2.21. The summed E-state index contributed by atoms with van der Waals surface area (Å²) in [6.45, 7) is 4.07. The lowest BCUT2D eigenvalue weighted by atomic mass is 10.1. The maximum Gasteiger partial charge on any atom is 0.436 e. The van der Waals surface area contributed by atoms with Crippen LogP contribution < -0.4 is 11.1 Å². The number of alkyl halides is 3. The second-order valence-electron chi connectivity index (χ2n) is 6.21. The number of amides is 2. The zero-order valence-corrected chi connectivity index (χ0v) is 17.7. The third kappa shape index (κ3) is 4.93. The van der Waals surface area contributed by atoms with Crippen molar-refractivity contribution >= 4 is 45.7 Å². The van der Waals surface area contributed by atoms with Gasteiger partial charge < -0.3 is 15.8 Å². The summed E-state index contributed by atoms with van der Waals surface area (Å²) in [6.07, 6.45) is -4.22. The Kier molecular flexibility index (Phi) is 7.14. The summed E-state index contributed by atoms with van der Waals surface area (Å²) in [5.41, 5.74) is 4.14. The first-order chi connectivity index (χ1) is 13.9. The van der Waals surface area contributed by atoms with Crippen molar-refractivity contribution in [3.63, 3.8) is 0 Å². The standard InChI is InChI=1S/C17H18ClF3N4O4S/c1-4-5-29-16(28)10-7(2)12(14(22)27)30-15(10)23-9(26)6-25-8(3)11(18)13(24-25)17(19,20)21/h4-6H2,1-3H3,(H2,22,27)(H,23,26). The molecule has 3 N–H and O–H groups in total. The third-order valence-corrected chi connectivity index (χ3v) is 5.63. The SMILES string of the molecule is CCCOC(=O)c1c(NC(=O)Cn2nc(C(F)(F)F)c(Cl)c2C)sc(C(N)=O)c1C. The number of hydrogen-bond donors (Lipinski definition) is 2. The van der Waals surface area contributed by atoms with Crippen LogP contribution in [0.15, 0.2) is 0 Å². The first kappa shape index (κ1) is 23.7. The van der Waals surface area contributed by atoms with Crippen LogP contribution in [-0.4, -0.2) is 34.2 Å². The summed E-state index contributed by atoms with van der Waals surface area (Å²) in [6, 6.07) is 0. The van der Waals surface area contributed by atoms with Crippen molar-refractivity contribution in [3.8, 4) is 0 Å². The van der Waals surface area contributed by atoms with E-state index in [0.29, 0.717) is 6.42 Å². The van der Waals surface area contributed by atoms with E-state index in [1.807, 2.05) is 0 Å². The number of hydrogen-bond acceptors (Lipinski definition) is 6. The van der Waals surface area contributed by atoms with Gasteiger partial charge in [0, 0.05) is 0 Å². The largest absolute Gasteiger partial charge is 0.462 e. The number of nitrogens with zero attached hydrogens (tertiary/aromatic N) is 2. The summed E-state index contributed by atoms with van der Waals surface area (Å²) in [4.78, 5) is 36.4. The Hall–Kier alpha value is -2.60. The van der Waals surface area contributed by atoms with Crippen LogP contribution in [-0.2, 0) is 22.3 Å². The fraction of sp³-hybridized carbons (Fsp3) is 0.412. The molecule has 13 heteroatoms. The zero-order chi connectivity index (χ0) is 22.8. The third-order valence-electron chi connectivity index (χ3n) is 3.96. The second kappa shape index (κ2) is 9.04. The van der Waals surface area contributed by atoms with Crippen LogP contribution in [0.2, 0.25) is 5.02 Å². The van der Waals surface area contributed by atoms with Crippen LogP contribution in [0.5, 0.6) is 0 Å². The average molecular weight is 467 g/mol. The molecule has 2 aromatic heterocycles. The van der Waals surface area contributed by atoms with Gasteiger partial charge in [0.25, 0.3) is 5.91 Å². The lowest BCUT2D eigenvalue weighted by molar-refractivity contribution is -0.141. The maximum absolute atomic E-state index is 12.9. The Morgan fingerprint density at radius 1 is 1.30 bits per heavy atom. The van der Waals surface area contributed by atoms with Gasteiger partial charge in [0.2, 0.25) is 5.91 Å². The molecule has 30 heavy (non-hydrogen) atoms. The molecule has 2 amide bonds. The molecule has 0 radical (unpaired) electrons. The number of primary amides is 1. The molecular formula is C17H18ClF3N4O4S. The van der Waals surface area contributed by atoms with Gasteiger partial charge in [-0.15, -0.1) is 11.3 Å². The normalized spacial score (nSPS) is 11.4. The smallest absolute Gasteiger partial charge is 0.436 e. The number of ether oxygens (including phenoxy) is 1. The highest BCUT2D eigenvalue weighted by Gasteiger charge is 2.38. The first-order valence-electron chi connectivity index (χ1n) is 8.58. The average Bonchev–Trinajstić information content (AvgIpc) is 3.11. The van der Waals surface area contributed by atoms with Gasteiger partial charge in [0.05, 0.1) is 27.8 Å². The molecule has 0 aliphatic heterocycles. The van der Waals surface area contributed by atoms with Gasteiger partial charge in [-0.05, 0) is 25.8 Å². The number of halogens is 4. The summed E-state index contributed by atoms with van der Waals surface area (Å²) in [5, 5.41) is 5.15. The highest BCUT2D eigenvalue weighted by molar-refractivity contribution is 7.18. The summed E-state index contributed by atoms with van der Waals surface area (Å²) >= 11 is 6.44. The van der Waals surface area contributed by atoms with Crippen molar-refractivity contribution in [3.05, 3.63) is 32.4 Å². The number of esters is 1. The molecule has 0 aliphatic carbocycles. The Bertz CT molecular complexity index is 1000. The predicted molar refractivity (Wildman–Crippen MR) is 104 cm³/mol. The molecule has 0 saturated carbocycles. The highest BCUT2D eigenvalue weighted by atomic mass is 35.5. The van der Waals surface area contributed by atoms with Crippen LogP contribution in [0.3, 0.4) is 0 Å². The number of thiophene rings is 1. The molecule has 2 aromatic rings. The van der Waals surface area contributed by atoms with Crippen LogP contribution in [0.1, 0.15) is 50.3 Å². The van der Waals surface area contributed by atoms with E-state index in [4.69, 9.17) is 22.1 Å². The van der Waals surface area contributed by atoms with E-state index in [2.05, 4.69) is 10.4 Å². The molecule has 0 aromatic carbocycles. The van der Waals surface area contributed by atoms with Gasteiger partial charge in [0.1, 0.15) is 11.5 Å². The molecule has 0 saturated heterocycles.